The maximum Gasteiger partial charge on any atom is 0.0145 e. The van der Waals surface area contributed by atoms with Crippen LogP contribution in [0.1, 0.15) is 40.5 Å². The Kier molecular flexibility index (Phi) is 2.23. The van der Waals surface area contributed by atoms with Crippen LogP contribution >= 0.6 is 0 Å². The standard InChI is InChI=1S/C12H21N/c1-5-10-6-11-7-12(10)9(4)13(11)8(2)3/h5,8-9,11-12H,6-7H2,1-4H3/b10-5-/t9-,11?,12?/m1/s1. The van der Waals surface area contributed by atoms with Crippen LogP contribution in [-0.4, -0.2) is 23.0 Å². The minimum absolute atomic E-state index is 0.725. The van der Waals surface area contributed by atoms with Gasteiger partial charge in [-0.3, -0.25) is 4.90 Å². The summed E-state index contributed by atoms with van der Waals surface area (Å²) < 4.78 is 0. The monoisotopic (exact) mass is 179 g/mol. The lowest BCUT2D eigenvalue weighted by atomic mass is 9.93. The molecule has 0 aromatic carbocycles. The van der Waals surface area contributed by atoms with Crippen molar-refractivity contribution >= 4 is 0 Å². The van der Waals surface area contributed by atoms with Crippen molar-refractivity contribution in [3.05, 3.63) is 11.6 Å². The predicted molar refractivity (Wildman–Crippen MR) is 56.7 cm³/mol. The number of rotatable bonds is 1. The number of likely N-dealkylation sites (tertiary alicyclic amines) is 1. The maximum absolute atomic E-state index is 2.71. The first-order valence-electron chi connectivity index (χ1n) is 5.57. The molecule has 13 heavy (non-hydrogen) atoms. The second-order valence-corrected chi connectivity index (χ2v) is 4.85. The molecule has 3 atom stereocenters. The highest BCUT2D eigenvalue weighted by Gasteiger charge is 2.46. The number of hydrogen-bond acceptors (Lipinski definition) is 1. The Labute approximate surface area is 81.8 Å². The Hall–Kier alpha value is -0.300. The largest absolute Gasteiger partial charge is 0.294 e. The van der Waals surface area contributed by atoms with Gasteiger partial charge in [0.1, 0.15) is 0 Å². The summed E-state index contributed by atoms with van der Waals surface area (Å²) in [6.07, 6.45) is 5.10. The third-order valence-electron chi connectivity index (χ3n) is 3.91. The van der Waals surface area contributed by atoms with E-state index < -0.39 is 0 Å². The van der Waals surface area contributed by atoms with Gasteiger partial charge in [0.15, 0.2) is 0 Å². The first-order chi connectivity index (χ1) is 6.15. The molecule has 1 aliphatic carbocycles. The van der Waals surface area contributed by atoms with Crippen molar-refractivity contribution in [2.45, 2.75) is 58.7 Å². The fourth-order valence-electron chi connectivity index (χ4n) is 3.45. The van der Waals surface area contributed by atoms with Gasteiger partial charge in [-0.2, -0.15) is 0 Å². The maximum atomic E-state index is 2.71. The number of allylic oxidation sites excluding steroid dienone is 1. The summed E-state index contributed by atoms with van der Waals surface area (Å²) >= 11 is 0. The summed E-state index contributed by atoms with van der Waals surface area (Å²) in [6, 6.07) is 2.36. The van der Waals surface area contributed by atoms with Crippen LogP contribution in [0.3, 0.4) is 0 Å². The van der Waals surface area contributed by atoms with Gasteiger partial charge in [0, 0.05) is 18.1 Å². The van der Waals surface area contributed by atoms with Crippen LogP contribution in [-0.2, 0) is 0 Å². The summed E-state index contributed by atoms with van der Waals surface area (Å²) in [5.74, 6) is 0.873. The lowest BCUT2D eigenvalue weighted by molar-refractivity contribution is 0.133. The molecule has 0 radical (unpaired) electrons. The molecule has 2 rings (SSSR count). The molecule has 1 nitrogen and oxygen atoms in total. The van der Waals surface area contributed by atoms with E-state index in [4.69, 9.17) is 0 Å². The van der Waals surface area contributed by atoms with E-state index in [9.17, 15) is 0 Å². The van der Waals surface area contributed by atoms with Crippen LogP contribution in [0.15, 0.2) is 11.6 Å². The Bertz CT molecular complexity index is 227. The highest BCUT2D eigenvalue weighted by atomic mass is 15.2. The molecular weight excluding hydrogens is 158 g/mol. The quantitative estimate of drug-likeness (QED) is 0.559. The smallest absolute Gasteiger partial charge is 0.0145 e. The normalized spacial score (nSPS) is 42.5. The van der Waals surface area contributed by atoms with E-state index in [1.807, 2.05) is 0 Å². The topological polar surface area (TPSA) is 3.24 Å². The van der Waals surface area contributed by atoms with Gasteiger partial charge in [-0.25, -0.2) is 0 Å². The Morgan fingerprint density at radius 3 is 2.62 bits per heavy atom. The van der Waals surface area contributed by atoms with Gasteiger partial charge < -0.3 is 0 Å². The Morgan fingerprint density at radius 1 is 1.46 bits per heavy atom. The lowest BCUT2D eigenvalue weighted by Gasteiger charge is -2.37. The zero-order valence-electron chi connectivity index (χ0n) is 9.25. The molecule has 2 unspecified atom stereocenters. The van der Waals surface area contributed by atoms with Crippen molar-refractivity contribution < 1.29 is 0 Å². The van der Waals surface area contributed by atoms with Gasteiger partial charge in [-0.05, 0) is 46.5 Å². The van der Waals surface area contributed by atoms with E-state index in [0.29, 0.717) is 0 Å². The molecule has 2 fully saturated rings. The number of nitrogens with zero attached hydrogens (tertiary/aromatic N) is 1. The van der Waals surface area contributed by atoms with Crippen LogP contribution in [0.5, 0.6) is 0 Å². The van der Waals surface area contributed by atoms with Crippen molar-refractivity contribution in [1.29, 1.82) is 0 Å². The predicted octanol–water partition coefficient (Wildman–Crippen LogP) is 2.82. The van der Waals surface area contributed by atoms with E-state index in [0.717, 1.165) is 24.0 Å². The van der Waals surface area contributed by atoms with Crippen LogP contribution in [0.2, 0.25) is 0 Å². The van der Waals surface area contributed by atoms with Crippen LogP contribution in [0.25, 0.3) is 0 Å². The van der Waals surface area contributed by atoms with Gasteiger partial charge in [0.05, 0.1) is 0 Å². The second-order valence-electron chi connectivity index (χ2n) is 4.85. The zero-order chi connectivity index (χ0) is 9.59. The van der Waals surface area contributed by atoms with Gasteiger partial charge in [0.2, 0.25) is 0 Å². The van der Waals surface area contributed by atoms with Crippen LogP contribution < -0.4 is 0 Å². The van der Waals surface area contributed by atoms with Crippen molar-refractivity contribution in [2.24, 2.45) is 5.92 Å². The van der Waals surface area contributed by atoms with E-state index in [-0.39, 0.29) is 0 Å². The van der Waals surface area contributed by atoms with E-state index in [1.165, 1.54) is 12.8 Å². The number of piperidine rings is 1. The first-order valence-corrected chi connectivity index (χ1v) is 5.57. The van der Waals surface area contributed by atoms with Gasteiger partial charge >= 0.3 is 0 Å². The average Bonchev–Trinajstić information content (AvgIpc) is 2.59. The summed E-state index contributed by atoms with van der Waals surface area (Å²) in [6.45, 7) is 9.24. The van der Waals surface area contributed by atoms with Gasteiger partial charge in [-0.15, -0.1) is 0 Å². The lowest BCUT2D eigenvalue weighted by Crippen LogP contribution is -2.44. The van der Waals surface area contributed by atoms with Crippen molar-refractivity contribution in [3.8, 4) is 0 Å². The van der Waals surface area contributed by atoms with E-state index in [1.54, 1.807) is 5.57 Å². The van der Waals surface area contributed by atoms with Gasteiger partial charge in [-0.1, -0.05) is 11.6 Å². The SMILES string of the molecule is C/C=C1/CC2CC1[C@@H](C)N2C(C)C. The molecular formula is C12H21N. The molecule has 2 bridgehead atoms. The molecule has 0 N–H and O–H groups in total. The molecule has 0 aromatic heterocycles. The molecule has 1 saturated carbocycles. The molecule has 0 spiro atoms. The fourth-order valence-corrected chi connectivity index (χ4v) is 3.45. The van der Waals surface area contributed by atoms with Crippen molar-refractivity contribution in [3.63, 3.8) is 0 Å². The van der Waals surface area contributed by atoms with E-state index in [2.05, 4.69) is 38.7 Å². The zero-order valence-corrected chi connectivity index (χ0v) is 9.25. The third kappa shape index (κ3) is 1.25. The Balaban J connectivity index is 2.18. The molecule has 1 heterocycles. The van der Waals surface area contributed by atoms with Gasteiger partial charge in [0.25, 0.3) is 0 Å². The third-order valence-corrected chi connectivity index (χ3v) is 3.91. The summed E-state index contributed by atoms with van der Waals surface area (Å²) in [5, 5.41) is 0. The van der Waals surface area contributed by atoms with Crippen molar-refractivity contribution in [1.82, 2.24) is 4.90 Å². The molecule has 1 heteroatoms. The highest BCUT2D eigenvalue weighted by molar-refractivity contribution is 5.22. The number of hydrogen-bond donors (Lipinski definition) is 0. The first kappa shape index (κ1) is 9.26. The van der Waals surface area contributed by atoms with Crippen molar-refractivity contribution in [2.75, 3.05) is 0 Å². The fraction of sp³-hybridized carbons (Fsp3) is 0.833. The van der Waals surface area contributed by atoms with Crippen LogP contribution in [0, 0.1) is 5.92 Å². The molecule has 0 amide bonds. The molecule has 1 aliphatic heterocycles. The highest BCUT2D eigenvalue weighted by Crippen LogP contribution is 2.46. The summed E-state index contributed by atoms with van der Waals surface area (Å²) in [4.78, 5) is 2.71. The molecule has 74 valence electrons. The summed E-state index contributed by atoms with van der Waals surface area (Å²) in [7, 11) is 0. The molecule has 0 aromatic rings. The van der Waals surface area contributed by atoms with Crippen LogP contribution in [0.4, 0.5) is 0 Å². The Morgan fingerprint density at radius 2 is 2.15 bits per heavy atom. The minimum Gasteiger partial charge on any atom is -0.294 e. The second kappa shape index (κ2) is 3.13. The minimum atomic E-state index is 0.725. The molecule has 2 aliphatic rings. The number of fused-ring (bicyclic) bond motifs is 2. The van der Waals surface area contributed by atoms with E-state index >= 15 is 0 Å². The average molecular weight is 179 g/mol. The molecule has 1 saturated heterocycles. The summed E-state index contributed by atoms with van der Waals surface area (Å²) in [5.41, 5.74) is 1.72.